The average molecular weight is 391 g/mol. The highest BCUT2D eigenvalue weighted by Gasteiger charge is 2.31. The minimum Gasteiger partial charge on any atom is -0.494 e. The summed E-state index contributed by atoms with van der Waals surface area (Å²) in [5, 5.41) is 1.79. The number of piperidine rings is 1. The normalized spacial score (nSPS) is 16.5. The Balaban J connectivity index is 1.78. The summed E-state index contributed by atoms with van der Waals surface area (Å²) in [5.41, 5.74) is 5.33. The van der Waals surface area contributed by atoms with Crippen LogP contribution in [0.2, 0.25) is 0 Å². The minimum absolute atomic E-state index is 0.237. The lowest BCUT2D eigenvalue weighted by Gasteiger charge is -2.29. The van der Waals surface area contributed by atoms with Crippen LogP contribution in [0.3, 0.4) is 0 Å². The van der Waals surface area contributed by atoms with E-state index in [0.717, 1.165) is 29.4 Å². The Morgan fingerprint density at radius 2 is 1.81 bits per heavy atom. The van der Waals surface area contributed by atoms with Gasteiger partial charge in [-0.05, 0) is 54.3 Å². The van der Waals surface area contributed by atoms with E-state index in [0.29, 0.717) is 32.5 Å². The van der Waals surface area contributed by atoms with Crippen LogP contribution in [0.5, 0.6) is 5.75 Å². The molecule has 1 fully saturated rings. The average Bonchev–Trinajstić information content (AvgIpc) is 2.67. The topological polar surface area (TPSA) is 89.7 Å². The number of fused-ring (bicyclic) bond motifs is 1. The molecule has 1 saturated heterocycles. The predicted molar refractivity (Wildman–Crippen MR) is 105 cm³/mol. The number of amides is 1. The number of nitrogens with zero attached hydrogens (tertiary/aromatic N) is 1. The lowest BCUT2D eigenvalue weighted by Crippen LogP contribution is -2.41. The van der Waals surface area contributed by atoms with Crippen molar-refractivity contribution in [3.05, 3.63) is 36.4 Å². The van der Waals surface area contributed by atoms with E-state index in [1.807, 2.05) is 24.3 Å². The summed E-state index contributed by atoms with van der Waals surface area (Å²) in [6.07, 6.45) is 3.02. The molecule has 7 heteroatoms. The summed E-state index contributed by atoms with van der Waals surface area (Å²) in [5.74, 6) is 0.203. The first kappa shape index (κ1) is 19.6. The number of nitrogens with two attached hydrogens (primary N) is 1. The molecule has 2 N–H and O–H groups in total. The maximum absolute atomic E-state index is 12.9. The van der Waals surface area contributed by atoms with Crippen molar-refractivity contribution in [1.82, 2.24) is 4.31 Å². The molecule has 1 aliphatic rings. The van der Waals surface area contributed by atoms with Crippen molar-refractivity contribution >= 4 is 26.7 Å². The third-order valence-corrected chi connectivity index (χ3v) is 6.94. The van der Waals surface area contributed by atoms with Crippen LogP contribution in [0.1, 0.15) is 32.6 Å². The molecular formula is C20H26N2O4S. The first-order valence-corrected chi connectivity index (χ1v) is 10.8. The van der Waals surface area contributed by atoms with E-state index < -0.39 is 10.0 Å². The maximum atomic E-state index is 12.9. The third kappa shape index (κ3) is 4.42. The highest BCUT2D eigenvalue weighted by molar-refractivity contribution is 7.89. The van der Waals surface area contributed by atoms with Crippen LogP contribution >= 0.6 is 0 Å². The van der Waals surface area contributed by atoms with Gasteiger partial charge in [-0.15, -0.1) is 0 Å². The van der Waals surface area contributed by atoms with Crippen molar-refractivity contribution in [3.8, 4) is 5.75 Å². The van der Waals surface area contributed by atoms with Crippen LogP contribution in [0.15, 0.2) is 41.3 Å². The second-order valence-electron chi connectivity index (χ2n) is 6.95. The molecule has 1 amide bonds. The van der Waals surface area contributed by atoms with E-state index in [1.54, 1.807) is 12.1 Å². The van der Waals surface area contributed by atoms with E-state index in [-0.39, 0.29) is 16.7 Å². The Labute approximate surface area is 160 Å². The van der Waals surface area contributed by atoms with Gasteiger partial charge < -0.3 is 10.5 Å². The Morgan fingerprint density at radius 1 is 1.15 bits per heavy atom. The molecule has 1 heterocycles. The van der Waals surface area contributed by atoms with Crippen molar-refractivity contribution in [2.24, 2.45) is 11.7 Å². The fourth-order valence-electron chi connectivity index (χ4n) is 3.32. The molecule has 2 aromatic carbocycles. The van der Waals surface area contributed by atoms with Gasteiger partial charge in [-0.2, -0.15) is 4.31 Å². The molecular weight excluding hydrogens is 364 g/mol. The SMILES string of the molecule is CCCCOc1ccc2cc(S(=O)(=O)N3CCC(C(N)=O)CC3)ccc2c1. The number of benzene rings is 2. The van der Waals surface area contributed by atoms with E-state index in [4.69, 9.17) is 10.5 Å². The minimum atomic E-state index is -3.58. The van der Waals surface area contributed by atoms with Crippen molar-refractivity contribution in [2.45, 2.75) is 37.5 Å². The van der Waals surface area contributed by atoms with Crippen LogP contribution in [0.25, 0.3) is 10.8 Å². The quantitative estimate of drug-likeness (QED) is 0.736. The molecule has 0 aliphatic carbocycles. The zero-order valence-corrected chi connectivity index (χ0v) is 16.4. The van der Waals surface area contributed by atoms with Gasteiger partial charge in [0, 0.05) is 19.0 Å². The summed E-state index contributed by atoms with van der Waals surface area (Å²) in [4.78, 5) is 11.6. The molecule has 0 atom stereocenters. The second-order valence-corrected chi connectivity index (χ2v) is 8.89. The number of primary amides is 1. The fourth-order valence-corrected chi connectivity index (χ4v) is 4.82. The zero-order chi connectivity index (χ0) is 19.4. The molecule has 0 bridgehead atoms. The molecule has 0 aromatic heterocycles. The van der Waals surface area contributed by atoms with Gasteiger partial charge in [0.2, 0.25) is 15.9 Å². The number of rotatable bonds is 7. The summed E-state index contributed by atoms with van der Waals surface area (Å²) in [7, 11) is -3.58. The highest BCUT2D eigenvalue weighted by atomic mass is 32.2. The first-order chi connectivity index (χ1) is 12.9. The van der Waals surface area contributed by atoms with Gasteiger partial charge in [0.05, 0.1) is 11.5 Å². The molecule has 0 saturated carbocycles. The first-order valence-electron chi connectivity index (χ1n) is 9.38. The van der Waals surface area contributed by atoms with Crippen molar-refractivity contribution in [1.29, 1.82) is 0 Å². The van der Waals surface area contributed by atoms with E-state index in [2.05, 4.69) is 6.92 Å². The summed E-state index contributed by atoms with van der Waals surface area (Å²) in [6.45, 7) is 3.42. The number of hydrogen-bond acceptors (Lipinski definition) is 4. The van der Waals surface area contributed by atoms with Gasteiger partial charge in [0.15, 0.2) is 0 Å². The number of carbonyl (C=O) groups excluding carboxylic acids is 1. The number of unbranched alkanes of at least 4 members (excludes halogenated alkanes) is 1. The van der Waals surface area contributed by atoms with Gasteiger partial charge >= 0.3 is 0 Å². The van der Waals surface area contributed by atoms with Crippen LogP contribution in [-0.2, 0) is 14.8 Å². The Hall–Kier alpha value is -2.12. The van der Waals surface area contributed by atoms with Gasteiger partial charge in [0.25, 0.3) is 0 Å². The largest absolute Gasteiger partial charge is 0.494 e. The maximum Gasteiger partial charge on any atom is 0.243 e. The van der Waals surface area contributed by atoms with E-state index >= 15 is 0 Å². The number of carbonyl (C=O) groups is 1. The molecule has 0 radical (unpaired) electrons. The van der Waals surface area contributed by atoms with E-state index in [1.165, 1.54) is 4.31 Å². The molecule has 146 valence electrons. The summed E-state index contributed by atoms with van der Waals surface area (Å²) < 4.78 is 33.0. The standard InChI is InChI=1S/C20H26N2O4S/c1-2-3-12-26-18-6-4-17-14-19(7-5-16(17)13-18)27(24,25)22-10-8-15(9-11-22)20(21)23/h4-7,13-15H,2-3,8-12H2,1H3,(H2,21,23). The summed E-state index contributed by atoms with van der Waals surface area (Å²) in [6, 6.07) is 10.8. The molecule has 6 nitrogen and oxygen atoms in total. The molecule has 0 unspecified atom stereocenters. The van der Waals surface area contributed by atoms with Gasteiger partial charge in [-0.3, -0.25) is 4.79 Å². The van der Waals surface area contributed by atoms with Crippen LogP contribution < -0.4 is 10.5 Å². The summed E-state index contributed by atoms with van der Waals surface area (Å²) >= 11 is 0. The lowest BCUT2D eigenvalue weighted by atomic mass is 9.98. The van der Waals surface area contributed by atoms with Gasteiger partial charge in [-0.1, -0.05) is 25.5 Å². The van der Waals surface area contributed by atoms with Gasteiger partial charge in [0.1, 0.15) is 5.75 Å². The van der Waals surface area contributed by atoms with Crippen molar-refractivity contribution in [3.63, 3.8) is 0 Å². The Bertz CT molecular complexity index is 919. The Morgan fingerprint density at radius 3 is 2.48 bits per heavy atom. The zero-order valence-electron chi connectivity index (χ0n) is 15.6. The Kier molecular flexibility index (Phi) is 6.01. The molecule has 1 aliphatic heterocycles. The molecule has 3 rings (SSSR count). The predicted octanol–water partition coefficient (Wildman–Crippen LogP) is 2.90. The van der Waals surface area contributed by atoms with E-state index in [9.17, 15) is 13.2 Å². The van der Waals surface area contributed by atoms with Gasteiger partial charge in [-0.25, -0.2) is 8.42 Å². The monoisotopic (exact) mass is 390 g/mol. The number of ether oxygens (including phenoxy) is 1. The number of sulfonamides is 1. The van der Waals surface area contributed by atoms with Crippen molar-refractivity contribution in [2.75, 3.05) is 19.7 Å². The highest BCUT2D eigenvalue weighted by Crippen LogP contribution is 2.28. The third-order valence-electron chi connectivity index (χ3n) is 5.04. The molecule has 27 heavy (non-hydrogen) atoms. The van der Waals surface area contributed by atoms with Crippen LogP contribution in [0, 0.1) is 5.92 Å². The van der Waals surface area contributed by atoms with Crippen LogP contribution in [-0.4, -0.2) is 38.3 Å². The lowest BCUT2D eigenvalue weighted by molar-refractivity contribution is -0.122. The number of hydrogen-bond donors (Lipinski definition) is 1. The fraction of sp³-hybridized carbons (Fsp3) is 0.450. The molecule has 0 spiro atoms. The van der Waals surface area contributed by atoms with Crippen LogP contribution in [0.4, 0.5) is 0 Å². The smallest absolute Gasteiger partial charge is 0.243 e. The van der Waals surface area contributed by atoms with Crippen molar-refractivity contribution < 1.29 is 17.9 Å². The second kappa shape index (κ2) is 8.27. The molecule has 2 aromatic rings.